The molecule has 0 spiro atoms. The van der Waals surface area contributed by atoms with Crippen LogP contribution in [0.5, 0.6) is 0 Å². The van der Waals surface area contributed by atoms with Crippen molar-refractivity contribution in [1.29, 1.82) is 0 Å². The molecule has 1 aromatic carbocycles. The Morgan fingerprint density at radius 2 is 2.21 bits per heavy atom. The van der Waals surface area contributed by atoms with Crippen molar-refractivity contribution in [1.82, 2.24) is 9.55 Å². The number of aryl methyl sites for hydroxylation is 1. The summed E-state index contributed by atoms with van der Waals surface area (Å²) in [4.78, 5) is 4.20. The molecule has 0 radical (unpaired) electrons. The average molecular weight is 363 g/mol. The van der Waals surface area contributed by atoms with Gasteiger partial charge in [0.2, 0.25) is 0 Å². The first-order valence-electron chi connectivity index (χ1n) is 4.13. The monoisotopic (exact) mass is 362 g/mol. The van der Waals surface area contributed by atoms with E-state index < -0.39 is 0 Å². The first kappa shape index (κ1) is 10.2. The lowest BCUT2D eigenvalue weighted by Gasteiger charge is -2.04. The van der Waals surface area contributed by atoms with Gasteiger partial charge in [0.15, 0.2) is 0 Å². The molecule has 0 amide bonds. The minimum Gasteiger partial charge on any atom is -0.305 e. The Hall–Kier alpha value is -0.360. The molecule has 2 rings (SSSR count). The molecule has 0 bridgehead atoms. The highest BCUT2D eigenvalue weighted by molar-refractivity contribution is 14.1. The normalized spacial score (nSPS) is 10.5. The number of benzene rings is 1. The van der Waals surface area contributed by atoms with Gasteiger partial charge in [0.05, 0.1) is 17.7 Å². The summed E-state index contributed by atoms with van der Waals surface area (Å²) in [5, 5.41) is 0. The lowest BCUT2D eigenvalue weighted by Crippen LogP contribution is -1.91. The van der Waals surface area contributed by atoms with Gasteiger partial charge < -0.3 is 4.57 Å². The summed E-state index contributed by atoms with van der Waals surface area (Å²) in [6.07, 6.45) is 3.83. The molecule has 0 saturated carbocycles. The number of hydrogen-bond acceptors (Lipinski definition) is 1. The maximum atomic E-state index is 4.20. The van der Waals surface area contributed by atoms with Crippen LogP contribution in [0.2, 0.25) is 0 Å². The number of imidazole rings is 1. The third kappa shape index (κ3) is 2.00. The van der Waals surface area contributed by atoms with Gasteiger partial charge in [0.1, 0.15) is 0 Å². The molecule has 1 aromatic heterocycles. The number of hydrogen-bond donors (Lipinski definition) is 0. The molecule has 0 aliphatic rings. The van der Waals surface area contributed by atoms with Crippen LogP contribution in [0.4, 0.5) is 0 Å². The van der Waals surface area contributed by atoms with Crippen LogP contribution in [-0.4, -0.2) is 9.55 Å². The van der Waals surface area contributed by atoms with Crippen LogP contribution in [0, 0.1) is 10.5 Å². The fourth-order valence-electron chi connectivity index (χ4n) is 1.24. The highest BCUT2D eigenvalue weighted by Gasteiger charge is 2.02. The average Bonchev–Trinajstić information content (AvgIpc) is 2.51. The number of aromatic nitrogens is 2. The van der Waals surface area contributed by atoms with Gasteiger partial charge >= 0.3 is 0 Å². The Morgan fingerprint density at radius 3 is 2.79 bits per heavy atom. The third-order valence-electron chi connectivity index (χ3n) is 1.90. The molecular weight excluding hydrogens is 355 g/mol. The van der Waals surface area contributed by atoms with Gasteiger partial charge in [-0.15, -0.1) is 0 Å². The zero-order valence-corrected chi connectivity index (χ0v) is 11.3. The molecule has 0 atom stereocenters. The highest BCUT2D eigenvalue weighted by atomic mass is 127. The highest BCUT2D eigenvalue weighted by Crippen LogP contribution is 2.23. The molecule has 0 N–H and O–H groups in total. The molecule has 14 heavy (non-hydrogen) atoms. The van der Waals surface area contributed by atoms with E-state index >= 15 is 0 Å². The molecule has 2 aromatic rings. The fourth-order valence-corrected chi connectivity index (χ4v) is 2.75. The molecule has 2 nitrogen and oxygen atoms in total. The Labute approximate surface area is 105 Å². The van der Waals surface area contributed by atoms with Gasteiger partial charge in [-0.2, -0.15) is 0 Å². The predicted octanol–water partition coefficient (Wildman–Crippen LogP) is 3.55. The zero-order valence-electron chi connectivity index (χ0n) is 7.54. The first-order chi connectivity index (χ1) is 6.66. The van der Waals surface area contributed by atoms with E-state index in [0.29, 0.717) is 0 Å². The second-order valence-corrected chi connectivity index (χ2v) is 5.12. The van der Waals surface area contributed by atoms with E-state index in [1.165, 1.54) is 3.57 Å². The van der Waals surface area contributed by atoms with Gasteiger partial charge in [-0.1, -0.05) is 0 Å². The largest absolute Gasteiger partial charge is 0.305 e. The maximum Gasteiger partial charge on any atom is 0.0995 e. The maximum absolute atomic E-state index is 4.20. The van der Waals surface area contributed by atoms with Crippen LogP contribution in [-0.2, 0) is 0 Å². The topological polar surface area (TPSA) is 17.8 Å². The van der Waals surface area contributed by atoms with E-state index in [1.807, 2.05) is 24.0 Å². The van der Waals surface area contributed by atoms with Crippen molar-refractivity contribution < 1.29 is 0 Å². The molecular formula is C10H8BrIN2. The third-order valence-corrected chi connectivity index (χ3v) is 3.21. The van der Waals surface area contributed by atoms with E-state index in [2.05, 4.69) is 61.7 Å². The molecule has 0 aliphatic carbocycles. The van der Waals surface area contributed by atoms with Gasteiger partial charge in [-0.05, 0) is 63.6 Å². The Balaban J connectivity index is 2.52. The summed E-state index contributed by atoms with van der Waals surface area (Å²) in [6.45, 7) is 1.98. The van der Waals surface area contributed by atoms with Crippen molar-refractivity contribution in [2.75, 3.05) is 0 Å². The van der Waals surface area contributed by atoms with Crippen LogP contribution >= 0.6 is 38.5 Å². The first-order valence-corrected chi connectivity index (χ1v) is 6.00. The summed E-state index contributed by atoms with van der Waals surface area (Å²) in [7, 11) is 0. The van der Waals surface area contributed by atoms with Gasteiger partial charge in [-0.3, -0.25) is 0 Å². The molecule has 0 fully saturated rings. The van der Waals surface area contributed by atoms with Crippen LogP contribution in [0.15, 0.2) is 35.2 Å². The van der Waals surface area contributed by atoms with E-state index in [0.717, 1.165) is 15.9 Å². The number of halogens is 2. The standard InChI is InChI=1S/C10H8BrIN2/c1-7-5-14(6-13-7)10-3-2-8(12)4-9(10)11/h2-6H,1H3. The lowest BCUT2D eigenvalue weighted by atomic mass is 10.3. The van der Waals surface area contributed by atoms with E-state index in [4.69, 9.17) is 0 Å². The lowest BCUT2D eigenvalue weighted by molar-refractivity contribution is 1.05. The van der Waals surface area contributed by atoms with Crippen molar-refractivity contribution >= 4 is 38.5 Å². The zero-order chi connectivity index (χ0) is 10.1. The second-order valence-electron chi connectivity index (χ2n) is 3.02. The SMILES string of the molecule is Cc1cn(-c2ccc(I)cc2Br)cn1. The molecule has 0 aliphatic heterocycles. The van der Waals surface area contributed by atoms with Crippen molar-refractivity contribution in [3.05, 3.63) is 44.5 Å². The van der Waals surface area contributed by atoms with Gasteiger partial charge in [-0.25, -0.2) is 4.98 Å². The van der Waals surface area contributed by atoms with E-state index in [9.17, 15) is 0 Å². The van der Waals surface area contributed by atoms with Crippen LogP contribution < -0.4 is 0 Å². The summed E-state index contributed by atoms with van der Waals surface area (Å²) >= 11 is 5.83. The molecule has 0 saturated heterocycles. The van der Waals surface area contributed by atoms with Crippen LogP contribution in [0.3, 0.4) is 0 Å². The minimum absolute atomic E-state index is 1.02. The Kier molecular flexibility index (Phi) is 2.92. The molecule has 72 valence electrons. The van der Waals surface area contributed by atoms with Crippen molar-refractivity contribution in [2.45, 2.75) is 6.92 Å². The number of nitrogens with zero attached hydrogens (tertiary/aromatic N) is 2. The van der Waals surface area contributed by atoms with Crippen molar-refractivity contribution in [2.24, 2.45) is 0 Å². The molecule has 0 unspecified atom stereocenters. The van der Waals surface area contributed by atoms with Gasteiger partial charge in [0.25, 0.3) is 0 Å². The van der Waals surface area contributed by atoms with Gasteiger partial charge in [0, 0.05) is 14.2 Å². The fraction of sp³-hybridized carbons (Fsp3) is 0.100. The van der Waals surface area contributed by atoms with Crippen LogP contribution in [0.25, 0.3) is 5.69 Å². The van der Waals surface area contributed by atoms with Crippen molar-refractivity contribution in [3.8, 4) is 5.69 Å². The Morgan fingerprint density at radius 1 is 1.43 bits per heavy atom. The summed E-state index contributed by atoms with van der Waals surface area (Å²) < 4.78 is 4.31. The van der Waals surface area contributed by atoms with E-state index in [1.54, 1.807) is 0 Å². The molecule has 4 heteroatoms. The Bertz CT molecular complexity index is 465. The minimum atomic E-state index is 1.02. The smallest absolute Gasteiger partial charge is 0.0995 e. The second kappa shape index (κ2) is 4.02. The number of rotatable bonds is 1. The molecule has 1 heterocycles. The van der Waals surface area contributed by atoms with Crippen LogP contribution in [0.1, 0.15) is 5.69 Å². The quantitative estimate of drug-likeness (QED) is 0.709. The summed E-state index contributed by atoms with van der Waals surface area (Å²) in [5.41, 5.74) is 2.14. The van der Waals surface area contributed by atoms with Crippen molar-refractivity contribution in [3.63, 3.8) is 0 Å². The summed E-state index contributed by atoms with van der Waals surface area (Å²) in [6, 6.07) is 6.24. The summed E-state index contributed by atoms with van der Waals surface area (Å²) in [5.74, 6) is 0. The predicted molar refractivity (Wildman–Crippen MR) is 68.7 cm³/mol. The van der Waals surface area contributed by atoms with E-state index in [-0.39, 0.29) is 0 Å².